The maximum absolute atomic E-state index is 5.69. The molecule has 0 aliphatic rings. The Morgan fingerprint density at radius 3 is 2.75 bits per heavy atom. The highest BCUT2D eigenvalue weighted by Gasteiger charge is 2.11. The van der Waals surface area contributed by atoms with E-state index in [9.17, 15) is 0 Å². The minimum atomic E-state index is 0.337. The van der Waals surface area contributed by atoms with Crippen molar-refractivity contribution in [2.45, 2.75) is 32.9 Å². The normalized spacial score (nSPS) is 12.3. The summed E-state index contributed by atoms with van der Waals surface area (Å²) in [5, 5.41) is 7.70. The fourth-order valence-corrected chi connectivity index (χ4v) is 2.19. The van der Waals surface area contributed by atoms with E-state index in [0.717, 1.165) is 18.7 Å². The van der Waals surface area contributed by atoms with E-state index in [2.05, 4.69) is 28.9 Å². The number of ether oxygens (including phenoxy) is 1. The summed E-state index contributed by atoms with van der Waals surface area (Å²) >= 11 is 0. The van der Waals surface area contributed by atoms with E-state index in [0.29, 0.717) is 12.6 Å². The van der Waals surface area contributed by atoms with Crippen LogP contribution in [0.25, 0.3) is 0 Å². The number of nitrogens with one attached hydrogen (secondary N) is 1. The Kier molecular flexibility index (Phi) is 5.18. The van der Waals surface area contributed by atoms with Gasteiger partial charge in [0.2, 0.25) is 0 Å². The molecule has 1 atom stereocenters. The first kappa shape index (κ1) is 14.6. The summed E-state index contributed by atoms with van der Waals surface area (Å²) in [5.74, 6) is 0.925. The number of para-hydroxylation sites is 1. The van der Waals surface area contributed by atoms with Crippen molar-refractivity contribution in [2.75, 3.05) is 13.7 Å². The summed E-state index contributed by atoms with van der Waals surface area (Å²) < 4.78 is 7.74. The van der Waals surface area contributed by atoms with Crippen molar-refractivity contribution in [1.29, 1.82) is 0 Å². The maximum Gasteiger partial charge on any atom is 0.119 e. The number of hydrogen-bond acceptors (Lipinski definition) is 3. The first-order valence-corrected chi connectivity index (χ1v) is 7.09. The van der Waals surface area contributed by atoms with E-state index in [1.54, 1.807) is 0 Å². The topological polar surface area (TPSA) is 39.1 Å². The van der Waals surface area contributed by atoms with Gasteiger partial charge in [-0.1, -0.05) is 18.2 Å². The number of nitrogens with zero attached hydrogens (tertiary/aromatic N) is 2. The van der Waals surface area contributed by atoms with Crippen LogP contribution in [0.3, 0.4) is 0 Å². The Balaban J connectivity index is 1.81. The molecule has 20 heavy (non-hydrogen) atoms. The molecule has 1 unspecified atom stereocenters. The van der Waals surface area contributed by atoms with E-state index in [-0.39, 0.29) is 0 Å². The largest absolute Gasteiger partial charge is 0.494 e. The molecule has 1 aromatic carbocycles. The molecule has 0 spiro atoms. The zero-order valence-corrected chi connectivity index (χ0v) is 12.5. The zero-order chi connectivity index (χ0) is 14.4. The van der Waals surface area contributed by atoms with Gasteiger partial charge in [-0.15, -0.1) is 0 Å². The molecular weight excluding hydrogens is 250 g/mol. The average Bonchev–Trinajstić information content (AvgIpc) is 2.85. The Morgan fingerprint density at radius 1 is 1.30 bits per heavy atom. The second-order valence-electron chi connectivity index (χ2n) is 4.93. The highest BCUT2D eigenvalue weighted by molar-refractivity contribution is 5.21. The van der Waals surface area contributed by atoms with Crippen LogP contribution in [0.1, 0.15) is 30.6 Å². The van der Waals surface area contributed by atoms with Crippen molar-refractivity contribution in [3.05, 3.63) is 47.8 Å². The van der Waals surface area contributed by atoms with E-state index in [1.807, 2.05) is 43.6 Å². The summed E-state index contributed by atoms with van der Waals surface area (Å²) in [6, 6.07) is 10.3. The third-order valence-electron chi connectivity index (χ3n) is 3.57. The molecule has 0 fully saturated rings. The summed E-state index contributed by atoms with van der Waals surface area (Å²) in [6.07, 6.45) is 2.90. The zero-order valence-electron chi connectivity index (χ0n) is 12.5. The third-order valence-corrected chi connectivity index (χ3v) is 3.57. The van der Waals surface area contributed by atoms with Gasteiger partial charge < -0.3 is 10.1 Å². The summed E-state index contributed by atoms with van der Waals surface area (Å²) in [6.45, 7) is 5.86. The number of rotatable bonds is 7. The van der Waals surface area contributed by atoms with Crippen LogP contribution < -0.4 is 10.1 Å². The predicted octanol–water partition coefficient (Wildman–Crippen LogP) is 2.94. The lowest BCUT2D eigenvalue weighted by Crippen LogP contribution is -2.13. The molecule has 1 aromatic heterocycles. The number of aromatic nitrogens is 2. The minimum Gasteiger partial charge on any atom is -0.494 e. The van der Waals surface area contributed by atoms with Crippen LogP contribution in [0.2, 0.25) is 0 Å². The first-order chi connectivity index (χ1) is 9.72. The van der Waals surface area contributed by atoms with Crippen LogP contribution >= 0.6 is 0 Å². The Bertz CT molecular complexity index is 522. The molecule has 2 rings (SSSR count). The predicted molar refractivity (Wildman–Crippen MR) is 81.0 cm³/mol. The molecule has 1 heterocycles. The maximum atomic E-state index is 5.69. The fraction of sp³-hybridized carbons (Fsp3) is 0.438. The second-order valence-corrected chi connectivity index (χ2v) is 4.93. The molecule has 4 nitrogen and oxygen atoms in total. The van der Waals surface area contributed by atoms with Crippen molar-refractivity contribution < 1.29 is 4.74 Å². The number of benzene rings is 1. The highest BCUT2D eigenvalue weighted by Crippen LogP contribution is 2.16. The van der Waals surface area contributed by atoms with Crippen molar-refractivity contribution in [3.8, 4) is 5.75 Å². The lowest BCUT2D eigenvalue weighted by Gasteiger charge is -2.11. The average molecular weight is 273 g/mol. The number of aryl methyl sites for hydroxylation is 1. The van der Waals surface area contributed by atoms with Crippen LogP contribution in [0.4, 0.5) is 0 Å². The van der Waals surface area contributed by atoms with Crippen LogP contribution in [0.15, 0.2) is 36.5 Å². The van der Waals surface area contributed by atoms with Crippen molar-refractivity contribution in [2.24, 2.45) is 0 Å². The van der Waals surface area contributed by atoms with E-state index >= 15 is 0 Å². The molecule has 0 amide bonds. The molecule has 0 aliphatic carbocycles. The summed E-state index contributed by atoms with van der Waals surface area (Å²) in [7, 11) is 1.97. The van der Waals surface area contributed by atoms with Crippen LogP contribution in [-0.2, 0) is 6.54 Å². The Morgan fingerprint density at radius 2 is 2.05 bits per heavy atom. The standard InChI is InChI=1S/C16H23N3O/c1-13(17-3)16-12-18-19(14(16)2)10-7-11-20-15-8-5-4-6-9-15/h4-6,8-9,12-13,17H,7,10-11H2,1-3H3. The molecule has 0 bridgehead atoms. The van der Waals surface area contributed by atoms with Crippen molar-refractivity contribution >= 4 is 0 Å². The van der Waals surface area contributed by atoms with Gasteiger partial charge in [0.1, 0.15) is 5.75 Å². The van der Waals surface area contributed by atoms with Crippen LogP contribution in [-0.4, -0.2) is 23.4 Å². The first-order valence-electron chi connectivity index (χ1n) is 7.09. The quantitative estimate of drug-likeness (QED) is 0.788. The third kappa shape index (κ3) is 3.61. The van der Waals surface area contributed by atoms with Crippen LogP contribution in [0, 0.1) is 6.92 Å². The smallest absolute Gasteiger partial charge is 0.119 e. The Hall–Kier alpha value is -1.81. The van der Waals surface area contributed by atoms with Crippen LogP contribution in [0.5, 0.6) is 5.75 Å². The van der Waals surface area contributed by atoms with Crippen molar-refractivity contribution in [1.82, 2.24) is 15.1 Å². The molecular formula is C16H23N3O. The Labute approximate surface area is 120 Å². The minimum absolute atomic E-state index is 0.337. The van der Waals surface area contributed by atoms with Gasteiger partial charge in [-0.05, 0) is 33.0 Å². The fourth-order valence-electron chi connectivity index (χ4n) is 2.19. The monoisotopic (exact) mass is 273 g/mol. The molecule has 0 saturated heterocycles. The highest BCUT2D eigenvalue weighted by atomic mass is 16.5. The molecule has 0 aliphatic heterocycles. The molecule has 1 N–H and O–H groups in total. The van der Waals surface area contributed by atoms with E-state index < -0.39 is 0 Å². The van der Waals surface area contributed by atoms with Gasteiger partial charge in [0.25, 0.3) is 0 Å². The van der Waals surface area contributed by atoms with E-state index in [1.165, 1.54) is 11.3 Å². The van der Waals surface area contributed by atoms with E-state index in [4.69, 9.17) is 4.74 Å². The van der Waals surface area contributed by atoms with Gasteiger partial charge in [0, 0.05) is 30.3 Å². The van der Waals surface area contributed by atoms with Gasteiger partial charge in [-0.25, -0.2) is 0 Å². The molecule has 0 radical (unpaired) electrons. The molecule has 108 valence electrons. The van der Waals surface area contributed by atoms with Gasteiger partial charge in [0.05, 0.1) is 12.8 Å². The van der Waals surface area contributed by atoms with Crippen molar-refractivity contribution in [3.63, 3.8) is 0 Å². The molecule has 2 aromatic rings. The molecule has 0 saturated carbocycles. The van der Waals surface area contributed by atoms with Gasteiger partial charge >= 0.3 is 0 Å². The summed E-state index contributed by atoms with van der Waals surface area (Å²) in [5.41, 5.74) is 2.49. The van der Waals surface area contributed by atoms with Gasteiger partial charge in [-0.3, -0.25) is 4.68 Å². The number of hydrogen-bond donors (Lipinski definition) is 1. The summed E-state index contributed by atoms with van der Waals surface area (Å²) in [4.78, 5) is 0. The van der Waals surface area contributed by atoms with Gasteiger partial charge in [0.15, 0.2) is 0 Å². The van der Waals surface area contributed by atoms with Gasteiger partial charge in [-0.2, -0.15) is 5.10 Å². The SMILES string of the molecule is CNC(C)c1cnn(CCCOc2ccccc2)c1C. The lowest BCUT2D eigenvalue weighted by atomic mass is 10.1. The lowest BCUT2D eigenvalue weighted by molar-refractivity contribution is 0.298. The second kappa shape index (κ2) is 7.10. The molecule has 4 heteroatoms.